The fourth-order valence-electron chi connectivity index (χ4n) is 2.41. The third kappa shape index (κ3) is 3.97. The first-order valence-electron chi connectivity index (χ1n) is 7.73. The monoisotopic (exact) mass is 361 g/mol. The number of hydrogen-bond donors (Lipinski definition) is 0. The van der Waals surface area contributed by atoms with Crippen molar-refractivity contribution in [3.63, 3.8) is 0 Å². The Labute approximate surface area is 149 Å². The van der Waals surface area contributed by atoms with Crippen molar-refractivity contribution in [3.8, 4) is 11.4 Å². The lowest BCUT2D eigenvalue weighted by molar-refractivity contribution is 0.624. The molecule has 0 aliphatic rings. The number of halogens is 2. The molecule has 3 aromatic rings. The van der Waals surface area contributed by atoms with Crippen LogP contribution in [-0.4, -0.2) is 14.8 Å². The summed E-state index contributed by atoms with van der Waals surface area (Å²) in [5, 5.41) is 10.2. The van der Waals surface area contributed by atoms with Crippen molar-refractivity contribution < 1.29 is 4.39 Å². The van der Waals surface area contributed by atoms with E-state index in [0.717, 1.165) is 35.1 Å². The molecule has 1 aromatic heterocycles. The van der Waals surface area contributed by atoms with Gasteiger partial charge in [-0.25, -0.2) is 4.39 Å². The van der Waals surface area contributed by atoms with Gasteiger partial charge < -0.3 is 4.57 Å². The summed E-state index contributed by atoms with van der Waals surface area (Å²) in [4.78, 5) is 0. The Hall–Kier alpha value is -1.85. The lowest BCUT2D eigenvalue weighted by Crippen LogP contribution is -2.02. The minimum Gasteiger partial charge on any atom is -0.302 e. The van der Waals surface area contributed by atoms with Crippen molar-refractivity contribution in [1.82, 2.24) is 14.8 Å². The van der Waals surface area contributed by atoms with E-state index in [9.17, 15) is 4.39 Å². The third-order valence-electron chi connectivity index (χ3n) is 3.52. The fourth-order valence-corrected chi connectivity index (χ4v) is 3.44. The van der Waals surface area contributed by atoms with Crippen molar-refractivity contribution in [2.24, 2.45) is 0 Å². The highest BCUT2D eigenvalue weighted by Crippen LogP contribution is 2.27. The Morgan fingerprint density at radius 2 is 1.92 bits per heavy atom. The third-order valence-corrected chi connectivity index (χ3v) is 4.81. The van der Waals surface area contributed by atoms with Crippen molar-refractivity contribution in [2.45, 2.75) is 30.8 Å². The zero-order valence-electron chi connectivity index (χ0n) is 13.2. The van der Waals surface area contributed by atoms with E-state index in [-0.39, 0.29) is 5.82 Å². The maximum absolute atomic E-state index is 13.3. The second-order valence-electron chi connectivity index (χ2n) is 5.38. The van der Waals surface area contributed by atoms with Crippen LogP contribution in [0.1, 0.15) is 18.9 Å². The molecule has 0 radical (unpaired) electrons. The van der Waals surface area contributed by atoms with E-state index < -0.39 is 0 Å². The molecule has 0 bridgehead atoms. The summed E-state index contributed by atoms with van der Waals surface area (Å²) in [6.45, 7) is 2.95. The molecule has 124 valence electrons. The summed E-state index contributed by atoms with van der Waals surface area (Å²) < 4.78 is 15.4. The van der Waals surface area contributed by atoms with Crippen LogP contribution in [0.3, 0.4) is 0 Å². The van der Waals surface area contributed by atoms with Crippen molar-refractivity contribution >= 4 is 23.4 Å². The van der Waals surface area contributed by atoms with Gasteiger partial charge >= 0.3 is 0 Å². The topological polar surface area (TPSA) is 30.7 Å². The predicted octanol–water partition coefficient (Wildman–Crippen LogP) is 5.44. The first-order valence-corrected chi connectivity index (χ1v) is 9.10. The first-order chi connectivity index (χ1) is 11.7. The molecular formula is C18H17ClFN3S. The van der Waals surface area contributed by atoms with Crippen LogP contribution in [0.15, 0.2) is 53.7 Å². The van der Waals surface area contributed by atoms with Gasteiger partial charge in [0.1, 0.15) is 5.82 Å². The van der Waals surface area contributed by atoms with Crippen LogP contribution in [0.25, 0.3) is 11.4 Å². The van der Waals surface area contributed by atoms with Crippen molar-refractivity contribution in [3.05, 3.63) is 64.9 Å². The predicted molar refractivity (Wildman–Crippen MR) is 96.7 cm³/mol. The van der Waals surface area contributed by atoms with E-state index in [2.05, 4.69) is 21.7 Å². The van der Waals surface area contributed by atoms with Crippen LogP contribution in [0.5, 0.6) is 0 Å². The van der Waals surface area contributed by atoms with Gasteiger partial charge in [0, 0.05) is 22.9 Å². The average molecular weight is 362 g/mol. The van der Waals surface area contributed by atoms with Crippen molar-refractivity contribution in [2.75, 3.05) is 0 Å². The minimum atomic E-state index is -0.218. The summed E-state index contributed by atoms with van der Waals surface area (Å²) in [6.07, 6.45) is 0.978. The molecule has 0 N–H and O–H groups in total. The average Bonchev–Trinajstić information content (AvgIpc) is 2.97. The Balaban J connectivity index is 1.84. The fraction of sp³-hybridized carbons (Fsp3) is 0.222. The van der Waals surface area contributed by atoms with Gasteiger partial charge in [0.2, 0.25) is 0 Å². The molecule has 24 heavy (non-hydrogen) atoms. The second kappa shape index (κ2) is 7.81. The Bertz CT molecular complexity index is 817. The quantitative estimate of drug-likeness (QED) is 0.548. The van der Waals surface area contributed by atoms with Gasteiger partial charge in [-0.3, -0.25) is 0 Å². The van der Waals surface area contributed by atoms with E-state index in [1.807, 2.05) is 30.3 Å². The molecule has 0 aliphatic heterocycles. The van der Waals surface area contributed by atoms with Gasteiger partial charge in [0.25, 0.3) is 0 Å². The van der Waals surface area contributed by atoms with Crippen molar-refractivity contribution in [1.29, 1.82) is 0 Å². The molecule has 0 amide bonds. The minimum absolute atomic E-state index is 0.218. The molecule has 0 atom stereocenters. The summed E-state index contributed by atoms with van der Waals surface area (Å²) in [5.41, 5.74) is 1.91. The molecule has 3 rings (SSSR count). The summed E-state index contributed by atoms with van der Waals surface area (Å²) in [5.74, 6) is 1.26. The lowest BCUT2D eigenvalue weighted by Gasteiger charge is -2.09. The summed E-state index contributed by atoms with van der Waals surface area (Å²) in [6, 6.07) is 14.2. The lowest BCUT2D eigenvalue weighted by atomic mass is 10.2. The van der Waals surface area contributed by atoms with E-state index in [1.54, 1.807) is 23.9 Å². The van der Waals surface area contributed by atoms with E-state index in [0.29, 0.717) is 10.8 Å². The van der Waals surface area contributed by atoms with Gasteiger partial charge in [-0.1, -0.05) is 42.4 Å². The largest absolute Gasteiger partial charge is 0.302 e. The molecule has 0 fully saturated rings. The summed E-state index contributed by atoms with van der Waals surface area (Å²) >= 11 is 7.52. The number of benzene rings is 2. The highest BCUT2D eigenvalue weighted by Gasteiger charge is 2.14. The molecule has 0 saturated carbocycles. The van der Waals surface area contributed by atoms with Gasteiger partial charge in [0.15, 0.2) is 11.0 Å². The van der Waals surface area contributed by atoms with Crippen LogP contribution in [-0.2, 0) is 12.3 Å². The van der Waals surface area contributed by atoms with Crippen LogP contribution in [0.2, 0.25) is 5.02 Å². The van der Waals surface area contributed by atoms with Gasteiger partial charge in [-0.05, 0) is 48.4 Å². The van der Waals surface area contributed by atoms with E-state index in [1.165, 1.54) is 6.07 Å². The molecule has 2 aromatic carbocycles. The first kappa shape index (κ1) is 17.0. The highest BCUT2D eigenvalue weighted by molar-refractivity contribution is 7.98. The Morgan fingerprint density at radius 1 is 1.12 bits per heavy atom. The standard InChI is InChI=1S/C18H17ClFN3S/c1-2-10-23-17(14-6-8-15(19)9-7-14)21-22-18(23)24-12-13-4-3-5-16(20)11-13/h3-9,11H,2,10,12H2,1H3. The number of hydrogen-bond acceptors (Lipinski definition) is 3. The van der Waals surface area contributed by atoms with Gasteiger partial charge in [0.05, 0.1) is 0 Å². The Morgan fingerprint density at radius 3 is 2.62 bits per heavy atom. The van der Waals surface area contributed by atoms with Crippen LogP contribution < -0.4 is 0 Å². The number of rotatable bonds is 6. The molecule has 0 spiro atoms. The maximum atomic E-state index is 13.3. The maximum Gasteiger partial charge on any atom is 0.191 e. The smallest absolute Gasteiger partial charge is 0.191 e. The second-order valence-corrected chi connectivity index (χ2v) is 6.76. The number of nitrogens with zero attached hydrogens (tertiary/aromatic N) is 3. The zero-order valence-corrected chi connectivity index (χ0v) is 14.8. The summed E-state index contributed by atoms with van der Waals surface area (Å²) in [7, 11) is 0. The molecule has 0 saturated heterocycles. The molecule has 6 heteroatoms. The van der Waals surface area contributed by atoms with Crippen LogP contribution >= 0.6 is 23.4 Å². The normalized spacial score (nSPS) is 11.0. The molecule has 3 nitrogen and oxygen atoms in total. The highest BCUT2D eigenvalue weighted by atomic mass is 35.5. The van der Waals surface area contributed by atoms with Crippen LogP contribution in [0.4, 0.5) is 4.39 Å². The van der Waals surface area contributed by atoms with Crippen LogP contribution in [0, 0.1) is 5.82 Å². The Kier molecular flexibility index (Phi) is 5.53. The number of aromatic nitrogens is 3. The number of thioether (sulfide) groups is 1. The van der Waals surface area contributed by atoms with E-state index in [4.69, 9.17) is 11.6 Å². The zero-order chi connectivity index (χ0) is 16.9. The molecular weight excluding hydrogens is 345 g/mol. The van der Waals surface area contributed by atoms with Gasteiger partial charge in [-0.15, -0.1) is 10.2 Å². The molecule has 0 aliphatic carbocycles. The van der Waals surface area contributed by atoms with Gasteiger partial charge in [-0.2, -0.15) is 0 Å². The SMILES string of the molecule is CCCn1c(SCc2cccc(F)c2)nnc1-c1ccc(Cl)cc1. The molecule has 1 heterocycles. The van der Waals surface area contributed by atoms with E-state index >= 15 is 0 Å². The molecule has 0 unspecified atom stereocenters.